The maximum atomic E-state index is 13.5. The van der Waals surface area contributed by atoms with Crippen LogP contribution in [-0.4, -0.2) is 12.9 Å². The Hall–Kier alpha value is -1.57. The van der Waals surface area contributed by atoms with Gasteiger partial charge in [0.1, 0.15) is 5.75 Å². The summed E-state index contributed by atoms with van der Waals surface area (Å²) < 4.78 is 5.28. The molecule has 4 aliphatic rings. The largest absolute Gasteiger partial charge is 0.497 e. The zero-order valence-electron chi connectivity index (χ0n) is 18.4. The summed E-state index contributed by atoms with van der Waals surface area (Å²) >= 11 is 0. The second kappa shape index (κ2) is 7.00. The van der Waals surface area contributed by atoms with E-state index >= 15 is 0 Å². The second-order valence-corrected chi connectivity index (χ2v) is 10.8. The fourth-order valence-electron chi connectivity index (χ4n) is 8.00. The van der Waals surface area contributed by atoms with Crippen LogP contribution in [0.2, 0.25) is 0 Å². The summed E-state index contributed by atoms with van der Waals surface area (Å²) in [4.78, 5) is 13.5. The molecule has 4 aliphatic carbocycles. The first-order valence-electron chi connectivity index (χ1n) is 11.8. The van der Waals surface area contributed by atoms with E-state index in [1.165, 1.54) is 44.9 Å². The number of benzene rings is 1. The van der Waals surface area contributed by atoms with Gasteiger partial charge in [-0.05, 0) is 103 Å². The van der Waals surface area contributed by atoms with Crippen LogP contribution < -0.4 is 4.74 Å². The number of allylic oxidation sites excluding steroid dienone is 1. The van der Waals surface area contributed by atoms with Gasteiger partial charge in [-0.3, -0.25) is 4.79 Å². The Labute approximate surface area is 176 Å². The molecule has 0 heterocycles. The molecule has 0 radical (unpaired) electrons. The Morgan fingerprint density at radius 3 is 2.52 bits per heavy atom. The zero-order chi connectivity index (χ0) is 20.2. The molecule has 4 saturated carbocycles. The van der Waals surface area contributed by atoms with Gasteiger partial charge in [0.05, 0.1) is 7.11 Å². The van der Waals surface area contributed by atoms with E-state index in [1.54, 1.807) is 7.11 Å². The summed E-state index contributed by atoms with van der Waals surface area (Å²) in [5.74, 6) is 4.39. The van der Waals surface area contributed by atoms with Crippen molar-refractivity contribution >= 4 is 11.9 Å². The molecule has 0 spiro atoms. The number of hydrogen-bond acceptors (Lipinski definition) is 2. The van der Waals surface area contributed by atoms with Crippen molar-refractivity contribution in [3.05, 3.63) is 35.4 Å². The molecular formula is C27H36O2. The lowest BCUT2D eigenvalue weighted by Gasteiger charge is -2.59. The van der Waals surface area contributed by atoms with Crippen molar-refractivity contribution in [2.45, 2.75) is 71.6 Å². The highest BCUT2D eigenvalue weighted by Gasteiger charge is 2.60. The van der Waals surface area contributed by atoms with Gasteiger partial charge in [-0.1, -0.05) is 38.8 Å². The number of Topliss-reactive ketones (excluding diaryl/α,β-unsaturated/α-hetero) is 1. The Kier molecular flexibility index (Phi) is 4.68. The van der Waals surface area contributed by atoms with Gasteiger partial charge in [-0.2, -0.15) is 0 Å². The fraction of sp³-hybridized carbons (Fsp3) is 0.667. The molecule has 0 saturated heterocycles. The van der Waals surface area contributed by atoms with Crippen LogP contribution >= 0.6 is 0 Å². The minimum atomic E-state index is -0.128. The number of ketones is 1. The maximum Gasteiger partial charge on any atom is 0.165 e. The van der Waals surface area contributed by atoms with Gasteiger partial charge < -0.3 is 4.74 Å². The average molecular weight is 393 g/mol. The van der Waals surface area contributed by atoms with E-state index in [0.29, 0.717) is 17.1 Å². The lowest BCUT2D eigenvalue weighted by molar-refractivity contribution is -0.137. The molecular weight excluding hydrogens is 356 g/mol. The second-order valence-electron chi connectivity index (χ2n) is 10.8. The number of methoxy groups -OCH3 is 1. The monoisotopic (exact) mass is 392 g/mol. The predicted octanol–water partition coefficient (Wildman–Crippen LogP) is 6.69. The van der Waals surface area contributed by atoms with Crippen LogP contribution in [0, 0.1) is 34.5 Å². The Balaban J connectivity index is 1.43. The molecule has 0 amide bonds. The van der Waals surface area contributed by atoms with Gasteiger partial charge in [0.2, 0.25) is 0 Å². The molecule has 29 heavy (non-hydrogen) atoms. The molecule has 5 rings (SSSR count). The molecule has 4 fully saturated rings. The number of ether oxygens (including phenoxy) is 1. The standard InChI is InChI=1S/C27H36O2/c1-26-14-5-4-6-20(26)9-12-22-23(26)13-15-27(2)24(22)17-19(25(27)28)16-18-7-10-21(29-3)11-8-18/h7-8,10-11,16,20,22-24H,4-6,9,12-15,17H2,1-3H3/b19-16+/t20-,22+,23-,24+,26+,27+/m0/s1. The van der Waals surface area contributed by atoms with Crippen molar-refractivity contribution in [1.82, 2.24) is 0 Å². The Bertz CT molecular complexity index is 821. The highest BCUT2D eigenvalue weighted by Crippen LogP contribution is 2.66. The summed E-state index contributed by atoms with van der Waals surface area (Å²) in [5.41, 5.74) is 2.60. The van der Waals surface area contributed by atoms with Crippen molar-refractivity contribution in [2.75, 3.05) is 7.11 Å². The minimum absolute atomic E-state index is 0.128. The summed E-state index contributed by atoms with van der Waals surface area (Å²) in [6.45, 7) is 4.90. The minimum Gasteiger partial charge on any atom is -0.497 e. The molecule has 156 valence electrons. The quantitative estimate of drug-likeness (QED) is 0.524. The SMILES string of the molecule is COc1ccc(/C=C2\C[C@@H]3[C@@H]4CC[C@@H]5CCCC[C@@]5(C)[C@H]4CC[C@@]3(C)C2=O)cc1. The molecule has 2 nitrogen and oxygen atoms in total. The summed E-state index contributed by atoms with van der Waals surface area (Å²) in [6.07, 6.45) is 14.0. The third-order valence-electron chi connectivity index (χ3n) is 9.68. The summed E-state index contributed by atoms with van der Waals surface area (Å²) in [6, 6.07) is 8.12. The van der Waals surface area contributed by atoms with Gasteiger partial charge in [-0.15, -0.1) is 0 Å². The first kappa shape index (κ1) is 19.4. The number of carbonyl (C=O) groups is 1. The number of rotatable bonds is 2. The van der Waals surface area contributed by atoms with Gasteiger partial charge in [0.15, 0.2) is 5.78 Å². The van der Waals surface area contributed by atoms with E-state index in [0.717, 1.165) is 47.5 Å². The van der Waals surface area contributed by atoms with Crippen LogP contribution in [0.25, 0.3) is 6.08 Å². The van der Waals surface area contributed by atoms with Crippen molar-refractivity contribution in [3.63, 3.8) is 0 Å². The topological polar surface area (TPSA) is 26.3 Å². The predicted molar refractivity (Wildman–Crippen MR) is 118 cm³/mol. The van der Waals surface area contributed by atoms with Crippen LogP contribution in [0.15, 0.2) is 29.8 Å². The van der Waals surface area contributed by atoms with Gasteiger partial charge in [0, 0.05) is 5.41 Å². The van der Waals surface area contributed by atoms with E-state index in [2.05, 4.69) is 32.1 Å². The third kappa shape index (κ3) is 2.93. The molecule has 0 aliphatic heterocycles. The van der Waals surface area contributed by atoms with E-state index in [9.17, 15) is 4.79 Å². The van der Waals surface area contributed by atoms with Crippen molar-refractivity contribution < 1.29 is 9.53 Å². The third-order valence-corrected chi connectivity index (χ3v) is 9.68. The lowest BCUT2D eigenvalue weighted by Crippen LogP contribution is -2.52. The Morgan fingerprint density at radius 2 is 1.76 bits per heavy atom. The average Bonchev–Trinajstić information content (AvgIpc) is 2.99. The Morgan fingerprint density at radius 1 is 0.966 bits per heavy atom. The molecule has 6 atom stereocenters. The van der Waals surface area contributed by atoms with E-state index in [-0.39, 0.29) is 5.41 Å². The van der Waals surface area contributed by atoms with E-state index < -0.39 is 0 Å². The zero-order valence-corrected chi connectivity index (χ0v) is 18.4. The molecule has 0 N–H and O–H groups in total. The summed E-state index contributed by atoms with van der Waals surface area (Å²) in [5, 5.41) is 0. The molecule has 1 aromatic rings. The van der Waals surface area contributed by atoms with Crippen LogP contribution in [-0.2, 0) is 4.79 Å². The van der Waals surface area contributed by atoms with Gasteiger partial charge in [0.25, 0.3) is 0 Å². The maximum absolute atomic E-state index is 13.5. The molecule has 2 heteroatoms. The van der Waals surface area contributed by atoms with Crippen LogP contribution in [0.3, 0.4) is 0 Å². The molecule has 0 bridgehead atoms. The fourth-order valence-corrected chi connectivity index (χ4v) is 8.00. The van der Waals surface area contributed by atoms with Crippen LogP contribution in [0.5, 0.6) is 5.75 Å². The highest BCUT2D eigenvalue weighted by molar-refractivity contribution is 6.05. The molecule has 0 unspecified atom stereocenters. The number of carbonyl (C=O) groups excluding carboxylic acids is 1. The van der Waals surface area contributed by atoms with Crippen LogP contribution in [0.4, 0.5) is 0 Å². The molecule has 0 aromatic heterocycles. The number of fused-ring (bicyclic) bond motifs is 5. The van der Waals surface area contributed by atoms with Crippen molar-refractivity contribution in [3.8, 4) is 5.75 Å². The normalized spacial score (nSPS) is 42.9. The first-order chi connectivity index (χ1) is 14.0. The highest BCUT2D eigenvalue weighted by atomic mass is 16.5. The van der Waals surface area contributed by atoms with Crippen LogP contribution in [0.1, 0.15) is 77.2 Å². The smallest absolute Gasteiger partial charge is 0.165 e. The number of hydrogen-bond donors (Lipinski definition) is 0. The van der Waals surface area contributed by atoms with Crippen molar-refractivity contribution in [2.24, 2.45) is 34.5 Å². The van der Waals surface area contributed by atoms with E-state index in [4.69, 9.17) is 4.74 Å². The summed E-state index contributed by atoms with van der Waals surface area (Å²) in [7, 11) is 1.69. The molecule has 1 aromatic carbocycles. The lowest BCUT2D eigenvalue weighted by atomic mass is 9.45. The van der Waals surface area contributed by atoms with Gasteiger partial charge >= 0.3 is 0 Å². The first-order valence-corrected chi connectivity index (χ1v) is 11.8. The van der Waals surface area contributed by atoms with Gasteiger partial charge in [-0.25, -0.2) is 0 Å². The van der Waals surface area contributed by atoms with E-state index in [1.807, 2.05) is 12.1 Å². The van der Waals surface area contributed by atoms with Crippen molar-refractivity contribution in [1.29, 1.82) is 0 Å².